The maximum absolute atomic E-state index is 14.1. The minimum Gasteiger partial charge on any atom is -0.479 e. The van der Waals surface area contributed by atoms with E-state index in [1.54, 1.807) is 34.9 Å². The molecule has 4 N–H and O–H groups in total. The smallest absolute Gasteiger partial charge is 0.459 e. The standard InChI is InChI=1S/C29H33N6O9P/c1-18(26(37)40-15-19-9-5-3-6-10-19)34-45(38,44-20-11-7-4-8-12-20)42-16-21-23(36)29(13-14-41-29)27(43-21)35-17-31-22-24(35)32-28(30)33-25(22)39-2/h3-12,17-18,21,23,27,36H,13-16H2,1-2H3,(H,34,38)(H2,30,32,33)/t18-,21+,23+,27+,29+,45?/m0/s1. The summed E-state index contributed by atoms with van der Waals surface area (Å²) in [7, 11) is -2.81. The van der Waals surface area contributed by atoms with Gasteiger partial charge < -0.3 is 34.3 Å². The van der Waals surface area contributed by atoms with Crippen molar-refractivity contribution in [2.24, 2.45) is 0 Å². The van der Waals surface area contributed by atoms with Crippen LogP contribution in [0.1, 0.15) is 25.1 Å². The average Bonchev–Trinajstić information content (AvgIpc) is 3.57. The summed E-state index contributed by atoms with van der Waals surface area (Å²) in [6.07, 6.45) is -1.20. The molecule has 2 aliphatic heterocycles. The quantitative estimate of drug-likeness (QED) is 0.151. The summed E-state index contributed by atoms with van der Waals surface area (Å²) in [5, 5.41) is 14.1. The van der Waals surface area contributed by atoms with Crippen molar-refractivity contribution in [3.63, 3.8) is 0 Å². The summed E-state index contributed by atoms with van der Waals surface area (Å²) >= 11 is 0. The summed E-state index contributed by atoms with van der Waals surface area (Å²) in [6, 6.07) is 16.4. The first-order valence-corrected chi connectivity index (χ1v) is 15.7. The number of aliphatic hydroxyl groups excluding tert-OH is 1. The van der Waals surface area contributed by atoms with Gasteiger partial charge in [-0.3, -0.25) is 13.9 Å². The molecule has 2 aliphatic rings. The molecular weight excluding hydrogens is 607 g/mol. The molecule has 6 atom stereocenters. The van der Waals surface area contributed by atoms with Gasteiger partial charge in [0.15, 0.2) is 17.4 Å². The fraction of sp³-hybridized carbons (Fsp3) is 0.379. The Hall–Kier alpha value is -4.11. The number of nitrogen functional groups attached to an aromatic ring is 1. The maximum atomic E-state index is 14.1. The van der Waals surface area contributed by atoms with Crippen LogP contribution in [-0.2, 0) is 34.7 Å². The Morgan fingerprint density at radius 2 is 1.91 bits per heavy atom. The number of carbonyl (C=O) groups excluding carboxylic acids is 1. The summed E-state index contributed by atoms with van der Waals surface area (Å²) in [6.45, 7) is 1.52. The molecule has 2 fully saturated rings. The molecule has 2 aromatic heterocycles. The van der Waals surface area contributed by atoms with E-state index in [4.69, 9.17) is 33.7 Å². The number of hydrogen-bond donors (Lipinski definition) is 3. The van der Waals surface area contributed by atoms with Crippen LogP contribution in [0.25, 0.3) is 11.2 Å². The van der Waals surface area contributed by atoms with Crippen molar-refractivity contribution in [3.05, 3.63) is 72.6 Å². The van der Waals surface area contributed by atoms with Crippen molar-refractivity contribution in [3.8, 4) is 11.6 Å². The number of fused-ring (bicyclic) bond motifs is 1. The zero-order valence-corrected chi connectivity index (χ0v) is 25.4. The average molecular weight is 641 g/mol. The number of esters is 1. The Bertz CT molecular complexity index is 1690. The number of nitrogens with two attached hydrogens (primary N) is 1. The second kappa shape index (κ2) is 12.7. The molecule has 2 aromatic carbocycles. The van der Waals surface area contributed by atoms with Gasteiger partial charge in [-0.2, -0.15) is 15.1 Å². The number of carbonyl (C=O) groups is 1. The second-order valence-electron chi connectivity index (χ2n) is 10.6. The topological polar surface area (TPSA) is 191 Å². The predicted molar refractivity (Wildman–Crippen MR) is 159 cm³/mol. The number of aromatic nitrogens is 4. The van der Waals surface area contributed by atoms with Gasteiger partial charge in [-0.1, -0.05) is 48.5 Å². The number of ether oxygens (including phenoxy) is 4. The van der Waals surface area contributed by atoms with Crippen LogP contribution in [-0.4, -0.2) is 74.8 Å². The van der Waals surface area contributed by atoms with Gasteiger partial charge in [-0.25, -0.2) is 9.55 Å². The number of rotatable bonds is 12. The number of methoxy groups -OCH3 is 1. The van der Waals surface area contributed by atoms with Gasteiger partial charge in [0.25, 0.3) is 0 Å². The zero-order valence-electron chi connectivity index (χ0n) is 24.5. The van der Waals surface area contributed by atoms with Crippen molar-refractivity contribution in [1.29, 1.82) is 0 Å². The van der Waals surface area contributed by atoms with Crippen molar-refractivity contribution < 1.29 is 42.5 Å². The molecular formula is C29H33N6O9P. The fourth-order valence-corrected chi connectivity index (χ4v) is 6.76. The molecule has 45 heavy (non-hydrogen) atoms. The van der Waals surface area contributed by atoms with Crippen LogP contribution in [0.5, 0.6) is 11.6 Å². The molecule has 4 heterocycles. The first kappa shape index (κ1) is 30.9. The van der Waals surface area contributed by atoms with E-state index in [9.17, 15) is 14.5 Å². The van der Waals surface area contributed by atoms with E-state index in [0.717, 1.165) is 5.56 Å². The van der Waals surface area contributed by atoms with E-state index < -0.39 is 50.4 Å². The highest BCUT2D eigenvalue weighted by molar-refractivity contribution is 7.52. The highest BCUT2D eigenvalue weighted by Gasteiger charge is 2.62. The van der Waals surface area contributed by atoms with Gasteiger partial charge in [0.1, 0.15) is 36.2 Å². The van der Waals surface area contributed by atoms with Crippen LogP contribution in [0.15, 0.2) is 67.0 Å². The van der Waals surface area contributed by atoms with Gasteiger partial charge >= 0.3 is 13.7 Å². The van der Waals surface area contributed by atoms with Gasteiger partial charge in [-0.15, -0.1) is 0 Å². The number of para-hydroxylation sites is 1. The third-order valence-electron chi connectivity index (χ3n) is 7.60. The zero-order chi connectivity index (χ0) is 31.6. The molecule has 0 bridgehead atoms. The first-order valence-electron chi connectivity index (χ1n) is 14.2. The molecule has 0 saturated carbocycles. The number of hydrogen-bond acceptors (Lipinski definition) is 13. The molecule has 238 valence electrons. The molecule has 6 rings (SSSR count). The number of benzene rings is 2. The van der Waals surface area contributed by atoms with Gasteiger partial charge in [-0.05, 0) is 24.6 Å². The van der Waals surface area contributed by atoms with Gasteiger partial charge in [0.2, 0.25) is 11.8 Å². The lowest BCUT2D eigenvalue weighted by Gasteiger charge is -2.44. The summed E-state index contributed by atoms with van der Waals surface area (Å²) in [5.74, 6) is -0.287. The number of aliphatic hydroxyl groups is 1. The van der Waals surface area contributed by atoms with Crippen molar-refractivity contribution in [2.75, 3.05) is 26.1 Å². The molecule has 1 unspecified atom stereocenters. The largest absolute Gasteiger partial charge is 0.479 e. The molecule has 1 spiro atoms. The van der Waals surface area contributed by atoms with Crippen LogP contribution in [0.3, 0.4) is 0 Å². The minimum atomic E-state index is -4.25. The monoisotopic (exact) mass is 640 g/mol. The third-order valence-corrected chi connectivity index (χ3v) is 9.24. The lowest BCUT2D eigenvalue weighted by Crippen LogP contribution is -2.56. The molecule has 16 heteroatoms. The third kappa shape index (κ3) is 6.23. The van der Waals surface area contributed by atoms with Crippen LogP contribution < -0.4 is 20.1 Å². The Morgan fingerprint density at radius 3 is 2.58 bits per heavy atom. The predicted octanol–water partition coefficient (Wildman–Crippen LogP) is 2.76. The summed E-state index contributed by atoms with van der Waals surface area (Å²) in [5.41, 5.74) is 6.19. The SMILES string of the molecule is COc1nc(N)nc2c1ncn2[C@@H]1O[C@H](COP(=O)(N[C@@H](C)C(=O)OCc2ccccc2)Oc2ccccc2)[C@@H](O)[C@]12CCO2. The first-order chi connectivity index (χ1) is 21.7. The summed E-state index contributed by atoms with van der Waals surface area (Å²) < 4.78 is 50.1. The lowest BCUT2D eigenvalue weighted by molar-refractivity contribution is -0.225. The normalized spacial score (nSPS) is 24.6. The van der Waals surface area contributed by atoms with Crippen LogP contribution in [0.2, 0.25) is 0 Å². The Morgan fingerprint density at radius 1 is 1.20 bits per heavy atom. The van der Waals surface area contributed by atoms with Crippen LogP contribution in [0, 0.1) is 0 Å². The van der Waals surface area contributed by atoms with Crippen molar-refractivity contribution in [2.45, 2.75) is 50.0 Å². The number of anilines is 1. The van der Waals surface area contributed by atoms with Crippen molar-refractivity contribution >= 4 is 30.8 Å². The second-order valence-corrected chi connectivity index (χ2v) is 12.3. The van der Waals surface area contributed by atoms with E-state index in [2.05, 4.69) is 20.0 Å². The molecule has 4 aromatic rings. The molecule has 0 radical (unpaired) electrons. The van der Waals surface area contributed by atoms with E-state index >= 15 is 0 Å². The highest BCUT2D eigenvalue weighted by atomic mass is 31.2. The Labute approximate surface area is 258 Å². The van der Waals surface area contributed by atoms with Gasteiger partial charge in [0.05, 0.1) is 26.7 Å². The highest BCUT2D eigenvalue weighted by Crippen LogP contribution is 2.51. The van der Waals surface area contributed by atoms with Gasteiger partial charge in [0, 0.05) is 6.42 Å². The molecule has 15 nitrogen and oxygen atoms in total. The van der Waals surface area contributed by atoms with E-state index in [-0.39, 0.29) is 24.2 Å². The summed E-state index contributed by atoms with van der Waals surface area (Å²) in [4.78, 5) is 25.5. The number of nitrogens with zero attached hydrogens (tertiary/aromatic N) is 4. The molecule has 0 aliphatic carbocycles. The maximum Gasteiger partial charge on any atom is 0.459 e. The molecule has 2 saturated heterocycles. The lowest BCUT2D eigenvalue weighted by atomic mass is 9.86. The number of nitrogens with one attached hydrogen (secondary N) is 1. The van der Waals surface area contributed by atoms with Crippen LogP contribution in [0.4, 0.5) is 5.95 Å². The minimum absolute atomic E-state index is 0.0351. The molecule has 0 amide bonds. The van der Waals surface area contributed by atoms with Crippen LogP contribution >= 0.6 is 7.75 Å². The Balaban J connectivity index is 1.20. The number of imidazole rings is 1. The van der Waals surface area contributed by atoms with E-state index in [1.807, 2.05) is 30.3 Å². The van der Waals surface area contributed by atoms with E-state index in [0.29, 0.717) is 24.2 Å². The van der Waals surface area contributed by atoms with Crippen molar-refractivity contribution in [1.82, 2.24) is 24.6 Å². The Kier molecular flexibility index (Phi) is 8.73. The van der Waals surface area contributed by atoms with E-state index in [1.165, 1.54) is 20.4 Å². The fourth-order valence-electron chi connectivity index (χ4n) is 5.26.